The molecule has 1 fully saturated rings. The van der Waals surface area contributed by atoms with Crippen molar-refractivity contribution in [2.45, 2.75) is 51.0 Å². The molecule has 1 N–H and O–H groups in total. The van der Waals surface area contributed by atoms with Crippen LogP contribution in [0.3, 0.4) is 0 Å². The summed E-state index contributed by atoms with van der Waals surface area (Å²) in [7, 11) is 0. The number of aromatic nitrogens is 1. The van der Waals surface area contributed by atoms with Gasteiger partial charge >= 0.3 is 0 Å². The number of oxazole rings is 1. The number of thiophene rings is 1. The highest BCUT2D eigenvalue weighted by atomic mass is 32.1. The molecule has 23 heavy (non-hydrogen) atoms. The lowest BCUT2D eigenvalue weighted by molar-refractivity contribution is -0.122. The number of nitrogens with zero attached hydrogens (tertiary/aromatic N) is 2. The van der Waals surface area contributed by atoms with Crippen LogP contribution in [-0.4, -0.2) is 16.4 Å². The predicted molar refractivity (Wildman–Crippen MR) is 87.8 cm³/mol. The minimum atomic E-state index is -0.705. The first-order chi connectivity index (χ1) is 11.1. The highest BCUT2D eigenvalue weighted by Crippen LogP contribution is 2.28. The Hall–Kier alpha value is -2.13. The molecule has 5 nitrogen and oxygen atoms in total. The van der Waals surface area contributed by atoms with Gasteiger partial charge in [0.1, 0.15) is 11.3 Å². The maximum absolute atomic E-state index is 12.4. The minimum Gasteiger partial charge on any atom is -0.440 e. The number of nitriles is 1. The molecule has 120 valence electrons. The molecule has 6 heteroatoms. The molecule has 1 saturated carbocycles. The molecule has 0 spiro atoms. The van der Waals surface area contributed by atoms with Gasteiger partial charge in [0.05, 0.1) is 23.1 Å². The molecular weight excluding hydrogens is 310 g/mol. The Balaban J connectivity index is 1.69. The summed E-state index contributed by atoms with van der Waals surface area (Å²) in [5.41, 5.74) is -0.0707. The molecular formula is C17H19N3O2S. The van der Waals surface area contributed by atoms with Crippen LogP contribution in [-0.2, 0) is 11.2 Å². The number of amides is 1. The summed E-state index contributed by atoms with van der Waals surface area (Å²) < 4.78 is 5.66. The van der Waals surface area contributed by atoms with Crippen LogP contribution in [0.4, 0.5) is 0 Å². The number of hydrogen-bond donors (Lipinski definition) is 1. The Morgan fingerprint density at radius 3 is 2.91 bits per heavy atom. The molecule has 1 aliphatic carbocycles. The van der Waals surface area contributed by atoms with Crippen molar-refractivity contribution in [2.75, 3.05) is 0 Å². The molecule has 0 bridgehead atoms. The van der Waals surface area contributed by atoms with Crippen molar-refractivity contribution in [2.24, 2.45) is 0 Å². The average Bonchev–Trinajstić information content (AvgIpc) is 3.19. The molecule has 0 radical (unpaired) electrons. The van der Waals surface area contributed by atoms with E-state index < -0.39 is 5.54 Å². The van der Waals surface area contributed by atoms with E-state index in [-0.39, 0.29) is 12.3 Å². The lowest BCUT2D eigenvalue weighted by atomic mass is 9.83. The first kappa shape index (κ1) is 15.8. The first-order valence-electron chi connectivity index (χ1n) is 7.84. The van der Waals surface area contributed by atoms with E-state index >= 15 is 0 Å². The van der Waals surface area contributed by atoms with E-state index in [4.69, 9.17) is 4.42 Å². The zero-order valence-electron chi connectivity index (χ0n) is 13.1. The molecule has 3 rings (SSSR count). The average molecular weight is 329 g/mol. The molecule has 0 unspecified atom stereocenters. The number of carbonyl (C=O) groups excluding carboxylic acids is 1. The van der Waals surface area contributed by atoms with Crippen LogP contribution in [0, 0.1) is 18.3 Å². The fraction of sp³-hybridized carbons (Fsp3) is 0.471. The van der Waals surface area contributed by atoms with E-state index in [0.29, 0.717) is 17.3 Å². The largest absolute Gasteiger partial charge is 0.440 e. The van der Waals surface area contributed by atoms with Crippen LogP contribution in [0.2, 0.25) is 0 Å². The lowest BCUT2D eigenvalue weighted by Gasteiger charge is -2.31. The van der Waals surface area contributed by atoms with Crippen LogP contribution < -0.4 is 5.32 Å². The number of aryl methyl sites for hydroxylation is 1. The van der Waals surface area contributed by atoms with Crippen molar-refractivity contribution < 1.29 is 9.21 Å². The van der Waals surface area contributed by atoms with Gasteiger partial charge in [-0.25, -0.2) is 4.98 Å². The van der Waals surface area contributed by atoms with Crippen molar-refractivity contribution in [1.29, 1.82) is 5.26 Å². The number of carbonyl (C=O) groups is 1. The summed E-state index contributed by atoms with van der Waals surface area (Å²) in [6.07, 6.45) is 4.70. The van der Waals surface area contributed by atoms with E-state index in [0.717, 1.165) is 37.0 Å². The summed E-state index contributed by atoms with van der Waals surface area (Å²) in [5, 5.41) is 14.3. The van der Waals surface area contributed by atoms with E-state index in [1.54, 1.807) is 11.3 Å². The Kier molecular flexibility index (Phi) is 4.49. The molecule has 0 aliphatic heterocycles. The first-order valence-corrected chi connectivity index (χ1v) is 8.72. The van der Waals surface area contributed by atoms with Crippen molar-refractivity contribution in [3.63, 3.8) is 0 Å². The van der Waals surface area contributed by atoms with Crippen LogP contribution >= 0.6 is 11.3 Å². The molecule has 2 heterocycles. The van der Waals surface area contributed by atoms with Crippen LogP contribution in [0.25, 0.3) is 10.8 Å². The van der Waals surface area contributed by atoms with E-state index in [1.807, 2.05) is 24.4 Å². The normalized spacial score (nSPS) is 16.7. The monoisotopic (exact) mass is 329 g/mol. The highest BCUT2D eigenvalue weighted by molar-refractivity contribution is 7.13. The third-order valence-electron chi connectivity index (χ3n) is 4.25. The lowest BCUT2D eigenvalue weighted by Crippen LogP contribution is -2.49. The van der Waals surface area contributed by atoms with Gasteiger partial charge in [0.15, 0.2) is 0 Å². The zero-order valence-corrected chi connectivity index (χ0v) is 13.9. The maximum atomic E-state index is 12.4. The van der Waals surface area contributed by atoms with Crippen molar-refractivity contribution in [1.82, 2.24) is 10.3 Å². The Labute approximate surface area is 139 Å². The fourth-order valence-corrected chi connectivity index (χ4v) is 3.63. The number of nitrogens with one attached hydrogen (secondary N) is 1. The maximum Gasteiger partial charge on any atom is 0.236 e. The Morgan fingerprint density at radius 1 is 1.48 bits per heavy atom. The SMILES string of the molecule is Cc1oc(-c2cccs2)nc1CC(=O)NC1(C#N)CCCCC1. The molecule has 2 aromatic rings. The van der Waals surface area contributed by atoms with Gasteiger partial charge in [-0.2, -0.15) is 5.26 Å². The van der Waals surface area contributed by atoms with E-state index in [2.05, 4.69) is 16.4 Å². The molecule has 0 atom stereocenters. The second-order valence-corrected chi connectivity index (χ2v) is 6.93. The van der Waals surface area contributed by atoms with Crippen LogP contribution in [0.15, 0.2) is 21.9 Å². The summed E-state index contributed by atoms with van der Waals surface area (Å²) in [6.45, 7) is 1.81. The van der Waals surface area contributed by atoms with Crippen molar-refractivity contribution in [3.8, 4) is 16.8 Å². The predicted octanol–water partition coefficient (Wildman–Crippen LogP) is 3.60. The molecule has 0 aromatic carbocycles. The smallest absolute Gasteiger partial charge is 0.236 e. The Bertz CT molecular complexity index is 722. The standard InChI is InChI=1S/C17H19N3O2S/c1-12-13(19-16(22-12)14-6-5-9-23-14)10-15(21)20-17(11-18)7-3-2-4-8-17/h5-6,9H,2-4,7-8,10H2,1H3,(H,20,21). The summed E-state index contributed by atoms with van der Waals surface area (Å²) >= 11 is 1.55. The van der Waals surface area contributed by atoms with Crippen LogP contribution in [0.1, 0.15) is 43.6 Å². The molecule has 2 aromatic heterocycles. The van der Waals surface area contributed by atoms with Crippen molar-refractivity contribution in [3.05, 3.63) is 29.0 Å². The summed E-state index contributed by atoms with van der Waals surface area (Å²) in [4.78, 5) is 17.7. The molecule has 0 saturated heterocycles. The van der Waals surface area contributed by atoms with Gasteiger partial charge < -0.3 is 9.73 Å². The van der Waals surface area contributed by atoms with E-state index in [1.165, 1.54) is 0 Å². The van der Waals surface area contributed by atoms with Gasteiger partial charge in [0, 0.05) is 0 Å². The number of rotatable bonds is 4. The highest BCUT2D eigenvalue weighted by Gasteiger charge is 2.33. The van der Waals surface area contributed by atoms with Gasteiger partial charge in [0.25, 0.3) is 0 Å². The van der Waals surface area contributed by atoms with Gasteiger partial charge in [-0.1, -0.05) is 25.3 Å². The van der Waals surface area contributed by atoms with Gasteiger partial charge in [-0.3, -0.25) is 4.79 Å². The van der Waals surface area contributed by atoms with Gasteiger partial charge in [0.2, 0.25) is 11.8 Å². The molecule has 1 amide bonds. The second kappa shape index (κ2) is 6.55. The van der Waals surface area contributed by atoms with Crippen molar-refractivity contribution >= 4 is 17.2 Å². The molecule has 1 aliphatic rings. The van der Waals surface area contributed by atoms with Gasteiger partial charge in [-0.05, 0) is 31.2 Å². The quantitative estimate of drug-likeness (QED) is 0.929. The fourth-order valence-electron chi connectivity index (χ4n) is 2.98. The third-order valence-corrected chi connectivity index (χ3v) is 5.11. The third kappa shape index (κ3) is 3.45. The minimum absolute atomic E-state index is 0.143. The number of hydrogen-bond acceptors (Lipinski definition) is 5. The Morgan fingerprint density at radius 2 is 2.26 bits per heavy atom. The van der Waals surface area contributed by atoms with E-state index in [9.17, 15) is 10.1 Å². The van der Waals surface area contributed by atoms with Crippen LogP contribution in [0.5, 0.6) is 0 Å². The summed E-state index contributed by atoms with van der Waals surface area (Å²) in [5.74, 6) is 1.04. The zero-order chi connectivity index (χ0) is 16.3. The topological polar surface area (TPSA) is 78.9 Å². The van der Waals surface area contributed by atoms with Gasteiger partial charge in [-0.15, -0.1) is 11.3 Å². The second-order valence-electron chi connectivity index (χ2n) is 5.98. The summed E-state index contributed by atoms with van der Waals surface area (Å²) in [6, 6.07) is 6.18.